The zero-order valence-electron chi connectivity index (χ0n) is 9.53. The van der Waals surface area contributed by atoms with Gasteiger partial charge in [0.2, 0.25) is 0 Å². The fourth-order valence-corrected chi connectivity index (χ4v) is 1.61. The number of amides is 1. The van der Waals surface area contributed by atoms with Crippen molar-refractivity contribution in [3.63, 3.8) is 0 Å². The van der Waals surface area contributed by atoms with E-state index in [1.54, 1.807) is 12.1 Å². The number of hydrogen-bond acceptors (Lipinski definition) is 2. The molecule has 0 radical (unpaired) electrons. The van der Waals surface area contributed by atoms with E-state index in [-0.39, 0.29) is 17.7 Å². The van der Waals surface area contributed by atoms with Crippen LogP contribution in [0.4, 0.5) is 0 Å². The summed E-state index contributed by atoms with van der Waals surface area (Å²) in [7, 11) is 0. The van der Waals surface area contributed by atoms with Crippen molar-refractivity contribution in [2.45, 2.75) is 25.8 Å². The predicted molar refractivity (Wildman–Crippen MR) is 70.8 cm³/mol. The number of phenolic OH excluding ortho intramolecular Hbond substituents is 1. The van der Waals surface area contributed by atoms with Gasteiger partial charge in [0.15, 0.2) is 0 Å². The second kappa shape index (κ2) is 6.31. The molecule has 0 unspecified atom stereocenters. The molecule has 0 heterocycles. The summed E-state index contributed by atoms with van der Waals surface area (Å²) < 4.78 is 0.560. The van der Waals surface area contributed by atoms with E-state index < -0.39 is 0 Å². The first-order chi connectivity index (χ1) is 8.08. The maximum Gasteiger partial charge on any atom is 0.251 e. The average Bonchev–Trinajstić information content (AvgIpc) is 2.31. The molecule has 0 saturated heterocycles. The van der Waals surface area contributed by atoms with Crippen molar-refractivity contribution in [1.82, 2.24) is 5.32 Å². The second-order valence-electron chi connectivity index (χ2n) is 3.65. The monoisotopic (exact) mass is 295 g/mol. The number of phenols is 1. The van der Waals surface area contributed by atoms with Crippen LogP contribution in [-0.2, 0) is 0 Å². The van der Waals surface area contributed by atoms with E-state index in [2.05, 4.69) is 27.2 Å². The number of aromatic hydroxyl groups is 1. The Morgan fingerprint density at radius 3 is 2.88 bits per heavy atom. The minimum Gasteiger partial charge on any atom is -0.507 e. The van der Waals surface area contributed by atoms with Gasteiger partial charge in [0.25, 0.3) is 5.91 Å². The number of nitrogens with one attached hydrogen (secondary N) is 1. The molecule has 1 aromatic rings. The number of benzene rings is 1. The lowest BCUT2D eigenvalue weighted by Crippen LogP contribution is -2.34. The highest BCUT2D eigenvalue weighted by atomic mass is 79.9. The SMILES string of the molecule is C#CC[C@H](CC)NC(=O)c1ccc(Br)c(O)c1. The molecule has 1 atom stereocenters. The van der Waals surface area contributed by atoms with Crippen LogP contribution in [0.2, 0.25) is 0 Å². The van der Waals surface area contributed by atoms with Crippen molar-refractivity contribution >= 4 is 21.8 Å². The van der Waals surface area contributed by atoms with Gasteiger partial charge >= 0.3 is 0 Å². The molecule has 90 valence electrons. The van der Waals surface area contributed by atoms with Crippen LogP contribution in [0, 0.1) is 12.3 Å². The van der Waals surface area contributed by atoms with Gasteiger partial charge in [0.05, 0.1) is 4.47 Å². The number of carbonyl (C=O) groups is 1. The third-order valence-electron chi connectivity index (χ3n) is 2.40. The molecule has 0 aliphatic carbocycles. The molecular weight excluding hydrogens is 282 g/mol. The van der Waals surface area contributed by atoms with E-state index >= 15 is 0 Å². The molecule has 0 fully saturated rings. The molecule has 1 aromatic carbocycles. The summed E-state index contributed by atoms with van der Waals surface area (Å²) in [6.45, 7) is 1.96. The number of carbonyl (C=O) groups excluding carboxylic acids is 1. The summed E-state index contributed by atoms with van der Waals surface area (Å²) in [5.74, 6) is 2.34. The molecule has 1 amide bonds. The molecule has 0 bridgehead atoms. The maximum atomic E-state index is 11.8. The molecule has 0 saturated carbocycles. The Morgan fingerprint density at radius 1 is 1.65 bits per heavy atom. The number of rotatable bonds is 4. The average molecular weight is 296 g/mol. The van der Waals surface area contributed by atoms with Gasteiger partial charge in [0, 0.05) is 18.0 Å². The van der Waals surface area contributed by atoms with Crippen molar-refractivity contribution in [2.75, 3.05) is 0 Å². The Kier molecular flexibility index (Phi) is 5.05. The van der Waals surface area contributed by atoms with E-state index in [0.717, 1.165) is 6.42 Å². The number of hydrogen-bond donors (Lipinski definition) is 2. The standard InChI is InChI=1S/C13H14BrNO2/c1-3-5-10(4-2)15-13(17)9-6-7-11(14)12(16)8-9/h1,6-8,10,16H,4-5H2,2H3,(H,15,17)/t10-/m0/s1. The van der Waals surface area contributed by atoms with Gasteiger partial charge in [0.1, 0.15) is 5.75 Å². The predicted octanol–water partition coefficient (Wildman–Crippen LogP) is 2.69. The maximum absolute atomic E-state index is 11.8. The molecule has 0 spiro atoms. The number of halogens is 1. The quantitative estimate of drug-likeness (QED) is 0.839. The third kappa shape index (κ3) is 3.79. The van der Waals surface area contributed by atoms with Crippen LogP contribution in [0.5, 0.6) is 5.75 Å². The smallest absolute Gasteiger partial charge is 0.251 e. The minimum atomic E-state index is -0.227. The van der Waals surface area contributed by atoms with Gasteiger partial charge in [-0.15, -0.1) is 12.3 Å². The lowest BCUT2D eigenvalue weighted by molar-refractivity contribution is 0.0936. The molecule has 1 rings (SSSR count). The van der Waals surface area contributed by atoms with Crippen LogP contribution in [0.1, 0.15) is 30.1 Å². The third-order valence-corrected chi connectivity index (χ3v) is 3.07. The van der Waals surface area contributed by atoms with E-state index in [1.807, 2.05) is 6.92 Å². The molecule has 0 aliphatic rings. The van der Waals surface area contributed by atoms with Crippen LogP contribution < -0.4 is 5.32 Å². The van der Waals surface area contributed by atoms with Gasteiger partial charge in [-0.2, -0.15) is 0 Å². The lowest BCUT2D eigenvalue weighted by Gasteiger charge is -2.14. The van der Waals surface area contributed by atoms with Gasteiger partial charge < -0.3 is 10.4 Å². The van der Waals surface area contributed by atoms with Crippen LogP contribution in [0.25, 0.3) is 0 Å². The van der Waals surface area contributed by atoms with Crippen molar-refractivity contribution in [3.8, 4) is 18.1 Å². The molecule has 17 heavy (non-hydrogen) atoms. The summed E-state index contributed by atoms with van der Waals surface area (Å²) in [5, 5.41) is 12.3. The van der Waals surface area contributed by atoms with E-state index in [4.69, 9.17) is 6.42 Å². The van der Waals surface area contributed by atoms with E-state index in [9.17, 15) is 9.90 Å². The first-order valence-electron chi connectivity index (χ1n) is 5.31. The van der Waals surface area contributed by atoms with Crippen molar-refractivity contribution < 1.29 is 9.90 Å². The second-order valence-corrected chi connectivity index (χ2v) is 4.51. The summed E-state index contributed by atoms with van der Waals surface area (Å²) in [4.78, 5) is 11.8. The van der Waals surface area contributed by atoms with Gasteiger partial charge in [-0.3, -0.25) is 4.79 Å². The fraction of sp³-hybridized carbons (Fsp3) is 0.308. The lowest BCUT2D eigenvalue weighted by atomic mass is 10.1. The normalized spacial score (nSPS) is 11.6. The molecular formula is C13H14BrNO2. The van der Waals surface area contributed by atoms with Gasteiger partial charge in [-0.1, -0.05) is 6.92 Å². The van der Waals surface area contributed by atoms with Gasteiger partial charge in [-0.25, -0.2) is 0 Å². The summed E-state index contributed by atoms with van der Waals surface area (Å²) in [6, 6.07) is 4.66. The highest BCUT2D eigenvalue weighted by Crippen LogP contribution is 2.24. The summed E-state index contributed by atoms with van der Waals surface area (Å²) in [6.07, 6.45) is 6.50. The summed E-state index contributed by atoms with van der Waals surface area (Å²) >= 11 is 3.16. The van der Waals surface area contributed by atoms with Gasteiger partial charge in [-0.05, 0) is 40.5 Å². The largest absolute Gasteiger partial charge is 0.507 e. The van der Waals surface area contributed by atoms with Crippen LogP contribution >= 0.6 is 15.9 Å². The molecule has 0 aliphatic heterocycles. The zero-order chi connectivity index (χ0) is 12.8. The highest BCUT2D eigenvalue weighted by molar-refractivity contribution is 9.10. The Labute approximate surface area is 109 Å². The Balaban J connectivity index is 2.76. The molecule has 0 aromatic heterocycles. The van der Waals surface area contributed by atoms with Crippen LogP contribution in [-0.4, -0.2) is 17.1 Å². The van der Waals surface area contributed by atoms with E-state index in [1.165, 1.54) is 6.07 Å². The first kappa shape index (κ1) is 13.6. The van der Waals surface area contributed by atoms with Crippen LogP contribution in [0.3, 0.4) is 0 Å². The molecule has 3 nitrogen and oxygen atoms in total. The topological polar surface area (TPSA) is 49.3 Å². The van der Waals surface area contributed by atoms with Crippen LogP contribution in [0.15, 0.2) is 22.7 Å². The van der Waals surface area contributed by atoms with Crippen molar-refractivity contribution in [2.24, 2.45) is 0 Å². The Morgan fingerprint density at radius 2 is 2.35 bits per heavy atom. The minimum absolute atomic E-state index is 0.0294. The Bertz CT molecular complexity index is 451. The van der Waals surface area contributed by atoms with E-state index in [0.29, 0.717) is 16.5 Å². The van der Waals surface area contributed by atoms with Crippen molar-refractivity contribution in [1.29, 1.82) is 0 Å². The molecule has 2 N–H and O–H groups in total. The Hall–Kier alpha value is -1.47. The fourth-order valence-electron chi connectivity index (χ4n) is 1.36. The zero-order valence-corrected chi connectivity index (χ0v) is 11.1. The molecule has 4 heteroatoms. The van der Waals surface area contributed by atoms with Crippen molar-refractivity contribution in [3.05, 3.63) is 28.2 Å². The summed E-state index contributed by atoms with van der Waals surface area (Å²) in [5.41, 5.74) is 0.418. The number of terminal acetylenes is 1. The first-order valence-corrected chi connectivity index (χ1v) is 6.10. The highest BCUT2D eigenvalue weighted by Gasteiger charge is 2.12.